The average molecular weight is 272 g/mol. The molecule has 0 heterocycles. The number of hydrogen-bond donors (Lipinski definition) is 2. The third kappa shape index (κ3) is 15.0. The van der Waals surface area contributed by atoms with Crippen LogP contribution >= 0.6 is 0 Å². The molecule has 2 N–H and O–H groups in total. The summed E-state index contributed by atoms with van der Waals surface area (Å²) in [7, 11) is 1.72. The van der Waals surface area contributed by atoms with E-state index in [9.17, 15) is 9.59 Å². The molecular weight excluding hydrogens is 244 g/mol. The van der Waals surface area contributed by atoms with Gasteiger partial charge in [-0.2, -0.15) is 0 Å². The molecule has 19 heavy (non-hydrogen) atoms. The van der Waals surface area contributed by atoms with Crippen LogP contribution in [0.3, 0.4) is 0 Å². The van der Waals surface area contributed by atoms with Gasteiger partial charge >= 0.3 is 0 Å². The molecule has 1 amide bonds. The smallest absolute Gasteiger partial charge is 0.220 e. The molecule has 0 unspecified atom stereocenters. The second-order valence-electron chi connectivity index (χ2n) is 4.74. The van der Waals surface area contributed by atoms with Crippen LogP contribution in [-0.2, 0) is 14.3 Å². The normalized spacial score (nSPS) is 10.4. The molecule has 5 heteroatoms. The van der Waals surface area contributed by atoms with Crippen molar-refractivity contribution in [3.63, 3.8) is 0 Å². The van der Waals surface area contributed by atoms with Crippen LogP contribution in [0, 0.1) is 0 Å². The maximum atomic E-state index is 11.3. The largest absolute Gasteiger partial charge is 0.385 e. The van der Waals surface area contributed by atoms with E-state index in [4.69, 9.17) is 4.74 Å². The molecule has 0 fully saturated rings. The van der Waals surface area contributed by atoms with Crippen LogP contribution in [0.25, 0.3) is 0 Å². The standard InChI is InChI=1S/C14H28N2O3/c1-13(17)12-16-14(18)8-4-3-5-9-15-10-6-7-11-19-2/h15H,3-12H2,1-2H3,(H,16,18). The Balaban J connectivity index is 3.13. The fourth-order valence-electron chi connectivity index (χ4n) is 1.65. The Labute approximate surface area is 116 Å². The molecule has 0 aliphatic rings. The van der Waals surface area contributed by atoms with Gasteiger partial charge in [-0.25, -0.2) is 0 Å². The van der Waals surface area contributed by atoms with E-state index in [-0.39, 0.29) is 18.2 Å². The van der Waals surface area contributed by atoms with Crippen LogP contribution in [0.2, 0.25) is 0 Å². The van der Waals surface area contributed by atoms with Gasteiger partial charge in [-0.05, 0) is 45.7 Å². The van der Waals surface area contributed by atoms with Crippen molar-refractivity contribution in [2.24, 2.45) is 0 Å². The zero-order valence-electron chi connectivity index (χ0n) is 12.3. The second-order valence-corrected chi connectivity index (χ2v) is 4.74. The van der Waals surface area contributed by atoms with Crippen molar-refractivity contribution in [2.45, 2.75) is 45.4 Å². The third-order valence-electron chi connectivity index (χ3n) is 2.74. The summed E-state index contributed by atoms with van der Waals surface area (Å²) in [4.78, 5) is 22.0. The first-order valence-electron chi connectivity index (χ1n) is 7.12. The van der Waals surface area contributed by atoms with Crippen LogP contribution in [0.15, 0.2) is 0 Å². The molecule has 0 saturated carbocycles. The number of unbranched alkanes of at least 4 members (excludes halogenated alkanes) is 3. The minimum Gasteiger partial charge on any atom is -0.385 e. The van der Waals surface area contributed by atoms with Gasteiger partial charge in [0.1, 0.15) is 5.78 Å². The molecule has 0 aromatic carbocycles. The van der Waals surface area contributed by atoms with Gasteiger partial charge in [0, 0.05) is 20.1 Å². The summed E-state index contributed by atoms with van der Waals surface area (Å²) in [6, 6.07) is 0. The van der Waals surface area contributed by atoms with E-state index >= 15 is 0 Å². The highest BCUT2D eigenvalue weighted by Gasteiger charge is 2.01. The van der Waals surface area contributed by atoms with Crippen molar-refractivity contribution in [3.05, 3.63) is 0 Å². The lowest BCUT2D eigenvalue weighted by Gasteiger charge is -2.05. The van der Waals surface area contributed by atoms with E-state index in [1.54, 1.807) is 7.11 Å². The maximum absolute atomic E-state index is 11.3. The van der Waals surface area contributed by atoms with Crippen LogP contribution in [0.5, 0.6) is 0 Å². The molecular formula is C14H28N2O3. The van der Waals surface area contributed by atoms with Crippen molar-refractivity contribution in [3.8, 4) is 0 Å². The number of hydrogen-bond acceptors (Lipinski definition) is 4. The molecule has 0 rings (SSSR count). The predicted molar refractivity (Wildman–Crippen MR) is 76.1 cm³/mol. The lowest BCUT2D eigenvalue weighted by atomic mass is 10.2. The Morgan fingerprint density at radius 2 is 1.68 bits per heavy atom. The average Bonchev–Trinajstić information content (AvgIpc) is 2.38. The number of carbonyl (C=O) groups excluding carboxylic acids is 2. The summed E-state index contributed by atoms with van der Waals surface area (Å²) in [5.41, 5.74) is 0. The summed E-state index contributed by atoms with van der Waals surface area (Å²) in [5, 5.41) is 5.97. The SMILES string of the molecule is COCCCCNCCCCCC(=O)NCC(C)=O. The van der Waals surface area contributed by atoms with Crippen molar-refractivity contribution in [1.82, 2.24) is 10.6 Å². The van der Waals surface area contributed by atoms with Crippen LogP contribution in [0.4, 0.5) is 0 Å². The number of methoxy groups -OCH3 is 1. The lowest BCUT2D eigenvalue weighted by Crippen LogP contribution is -2.27. The summed E-state index contributed by atoms with van der Waals surface area (Å²) in [5.74, 6) is -0.0336. The van der Waals surface area contributed by atoms with E-state index in [2.05, 4.69) is 10.6 Å². The number of nitrogens with one attached hydrogen (secondary N) is 2. The zero-order chi connectivity index (χ0) is 14.3. The van der Waals surface area contributed by atoms with Gasteiger partial charge in [0.2, 0.25) is 5.91 Å². The van der Waals surface area contributed by atoms with Crippen molar-refractivity contribution in [1.29, 1.82) is 0 Å². The number of ether oxygens (including phenoxy) is 1. The maximum Gasteiger partial charge on any atom is 0.220 e. The van der Waals surface area contributed by atoms with E-state index in [0.29, 0.717) is 6.42 Å². The van der Waals surface area contributed by atoms with Crippen molar-refractivity contribution >= 4 is 11.7 Å². The molecule has 0 bridgehead atoms. The van der Waals surface area contributed by atoms with Gasteiger partial charge < -0.3 is 15.4 Å². The Morgan fingerprint density at radius 3 is 2.32 bits per heavy atom. The fraction of sp³-hybridized carbons (Fsp3) is 0.857. The monoisotopic (exact) mass is 272 g/mol. The molecule has 0 aromatic heterocycles. The highest BCUT2D eigenvalue weighted by Crippen LogP contribution is 1.99. The fourth-order valence-corrected chi connectivity index (χ4v) is 1.65. The minimum absolute atomic E-state index is 0.00831. The van der Waals surface area contributed by atoms with Gasteiger partial charge in [0.25, 0.3) is 0 Å². The summed E-state index contributed by atoms with van der Waals surface area (Å²) < 4.78 is 4.97. The number of ketones is 1. The topological polar surface area (TPSA) is 67.4 Å². The van der Waals surface area contributed by atoms with E-state index in [1.165, 1.54) is 6.92 Å². The number of amides is 1. The summed E-state index contributed by atoms with van der Waals surface area (Å²) >= 11 is 0. The number of carbonyl (C=O) groups is 2. The molecule has 0 aromatic rings. The predicted octanol–water partition coefficient (Wildman–Crippen LogP) is 1.27. The number of Topliss-reactive ketones (excluding diaryl/α,β-unsaturated/α-hetero) is 1. The van der Waals surface area contributed by atoms with Gasteiger partial charge in [-0.1, -0.05) is 6.42 Å². The Kier molecular flexibility index (Phi) is 12.8. The third-order valence-corrected chi connectivity index (χ3v) is 2.74. The highest BCUT2D eigenvalue weighted by molar-refractivity contribution is 5.84. The van der Waals surface area contributed by atoms with E-state index in [1.807, 2.05) is 0 Å². The molecule has 0 atom stereocenters. The van der Waals surface area contributed by atoms with E-state index < -0.39 is 0 Å². The number of rotatable bonds is 13. The first-order valence-corrected chi connectivity index (χ1v) is 7.12. The first kappa shape index (κ1) is 18.1. The van der Waals surface area contributed by atoms with Crippen LogP contribution in [0.1, 0.15) is 45.4 Å². The summed E-state index contributed by atoms with van der Waals surface area (Å²) in [6.45, 7) is 4.49. The highest BCUT2D eigenvalue weighted by atomic mass is 16.5. The van der Waals surface area contributed by atoms with Crippen molar-refractivity contribution < 1.29 is 14.3 Å². The molecule has 0 spiro atoms. The first-order chi connectivity index (χ1) is 9.16. The minimum atomic E-state index is -0.0253. The Hall–Kier alpha value is -0.940. The summed E-state index contributed by atoms with van der Waals surface area (Å²) in [6.07, 6.45) is 5.76. The molecule has 0 saturated heterocycles. The quantitative estimate of drug-likeness (QED) is 0.495. The lowest BCUT2D eigenvalue weighted by molar-refractivity contribution is -0.124. The van der Waals surface area contributed by atoms with Gasteiger partial charge in [-0.15, -0.1) is 0 Å². The molecule has 0 radical (unpaired) electrons. The van der Waals surface area contributed by atoms with E-state index in [0.717, 1.165) is 51.8 Å². The van der Waals surface area contributed by atoms with Crippen LogP contribution in [-0.4, -0.2) is 45.0 Å². The van der Waals surface area contributed by atoms with Gasteiger partial charge in [-0.3, -0.25) is 9.59 Å². The molecule has 112 valence electrons. The Morgan fingerprint density at radius 1 is 1.00 bits per heavy atom. The Bertz CT molecular complexity index is 245. The molecule has 0 aliphatic carbocycles. The van der Waals surface area contributed by atoms with Gasteiger partial charge in [0.05, 0.1) is 6.54 Å². The van der Waals surface area contributed by atoms with Gasteiger partial charge in [0.15, 0.2) is 0 Å². The van der Waals surface area contributed by atoms with Crippen LogP contribution < -0.4 is 10.6 Å². The molecule has 5 nitrogen and oxygen atoms in total. The van der Waals surface area contributed by atoms with Crippen molar-refractivity contribution in [2.75, 3.05) is 33.4 Å². The zero-order valence-corrected chi connectivity index (χ0v) is 12.3. The molecule has 0 aliphatic heterocycles. The second kappa shape index (κ2) is 13.5.